The third-order valence-electron chi connectivity index (χ3n) is 5.54. The lowest BCUT2D eigenvalue weighted by Gasteiger charge is -2.33. The molecule has 1 atom stereocenters. The number of hydrogen-bond donors (Lipinski definition) is 2. The van der Waals surface area contributed by atoms with Crippen LogP contribution in [0.25, 0.3) is 0 Å². The van der Waals surface area contributed by atoms with Crippen molar-refractivity contribution in [3.63, 3.8) is 0 Å². The average molecular weight is 427 g/mol. The molecule has 2 aromatic rings. The molecule has 3 heterocycles. The maximum atomic E-state index is 5.51. The molecule has 0 aliphatic carbocycles. The molecular weight excluding hydrogens is 396 g/mol. The van der Waals surface area contributed by atoms with Crippen molar-refractivity contribution in [2.45, 2.75) is 26.3 Å². The lowest BCUT2D eigenvalue weighted by Crippen LogP contribution is -2.38. The molecule has 2 N–H and O–H groups in total. The Bertz CT molecular complexity index is 843. The van der Waals surface area contributed by atoms with E-state index in [1.165, 1.54) is 18.4 Å². The Morgan fingerprint density at radius 2 is 1.83 bits per heavy atom. The van der Waals surface area contributed by atoms with Crippen molar-refractivity contribution in [1.29, 1.82) is 0 Å². The highest BCUT2D eigenvalue weighted by Crippen LogP contribution is 2.26. The number of nitrogens with zero attached hydrogens (tertiary/aromatic N) is 4. The van der Waals surface area contributed by atoms with E-state index in [2.05, 4.69) is 45.6 Å². The van der Waals surface area contributed by atoms with Gasteiger partial charge in [-0.15, -0.1) is 0 Å². The van der Waals surface area contributed by atoms with Crippen LogP contribution in [-0.4, -0.2) is 54.5 Å². The van der Waals surface area contributed by atoms with Crippen molar-refractivity contribution in [3.05, 3.63) is 42.0 Å². The third kappa shape index (κ3) is 5.58. The standard InChI is InChI=1S/C22H30N6OS/c1-17-6-5-9-28(16-17)20-14-19(27-10-12-29-13-11-27)24-21(25-20)26-22(30)23-15-18-7-3-2-4-8-18/h2-4,7-8,14,17H,5-6,9-13,15-16H2,1H3,(H2,23,24,25,26,30). The minimum absolute atomic E-state index is 0.524. The first-order valence-corrected chi connectivity index (χ1v) is 11.1. The quantitative estimate of drug-likeness (QED) is 0.708. The van der Waals surface area contributed by atoms with Gasteiger partial charge in [-0.25, -0.2) is 0 Å². The maximum Gasteiger partial charge on any atom is 0.232 e. The van der Waals surface area contributed by atoms with E-state index in [4.69, 9.17) is 26.9 Å². The minimum atomic E-state index is 0.524. The Kier molecular flexibility index (Phi) is 6.96. The second kappa shape index (κ2) is 10.0. The first-order valence-electron chi connectivity index (χ1n) is 10.7. The topological polar surface area (TPSA) is 65.6 Å². The molecule has 0 radical (unpaired) electrons. The summed E-state index contributed by atoms with van der Waals surface area (Å²) in [6.45, 7) is 8.13. The molecule has 4 rings (SSSR count). The molecule has 8 heteroatoms. The highest BCUT2D eigenvalue weighted by Gasteiger charge is 2.21. The molecule has 2 fully saturated rings. The van der Waals surface area contributed by atoms with Crippen molar-refractivity contribution < 1.29 is 4.74 Å². The number of hydrogen-bond acceptors (Lipinski definition) is 6. The first kappa shape index (κ1) is 20.8. The van der Waals surface area contributed by atoms with Gasteiger partial charge < -0.3 is 25.2 Å². The van der Waals surface area contributed by atoms with Gasteiger partial charge in [0.15, 0.2) is 5.11 Å². The second-order valence-electron chi connectivity index (χ2n) is 7.99. The summed E-state index contributed by atoms with van der Waals surface area (Å²) in [7, 11) is 0. The van der Waals surface area contributed by atoms with Crippen LogP contribution in [0.15, 0.2) is 36.4 Å². The number of nitrogens with one attached hydrogen (secondary N) is 2. The highest BCUT2D eigenvalue weighted by atomic mass is 32.1. The highest BCUT2D eigenvalue weighted by molar-refractivity contribution is 7.80. The lowest BCUT2D eigenvalue weighted by atomic mass is 10.0. The van der Waals surface area contributed by atoms with Crippen LogP contribution in [-0.2, 0) is 11.3 Å². The van der Waals surface area contributed by atoms with Crippen molar-refractivity contribution in [2.75, 3.05) is 54.5 Å². The summed E-state index contributed by atoms with van der Waals surface area (Å²) in [6.07, 6.45) is 2.47. The van der Waals surface area contributed by atoms with Gasteiger partial charge in [-0.2, -0.15) is 9.97 Å². The fourth-order valence-corrected chi connectivity index (χ4v) is 4.08. The zero-order chi connectivity index (χ0) is 20.8. The second-order valence-corrected chi connectivity index (χ2v) is 8.40. The summed E-state index contributed by atoms with van der Waals surface area (Å²) in [5, 5.41) is 6.97. The molecule has 30 heavy (non-hydrogen) atoms. The zero-order valence-electron chi connectivity index (χ0n) is 17.5. The van der Waals surface area contributed by atoms with E-state index in [0.29, 0.717) is 23.5 Å². The largest absolute Gasteiger partial charge is 0.378 e. The Hall–Kier alpha value is -2.45. The number of piperidine rings is 1. The average Bonchev–Trinajstić information content (AvgIpc) is 2.79. The van der Waals surface area contributed by atoms with E-state index < -0.39 is 0 Å². The molecule has 0 spiro atoms. The predicted molar refractivity (Wildman–Crippen MR) is 125 cm³/mol. The van der Waals surface area contributed by atoms with Crippen LogP contribution in [0.3, 0.4) is 0 Å². The first-order chi connectivity index (χ1) is 14.7. The summed E-state index contributed by atoms with van der Waals surface area (Å²) in [4.78, 5) is 14.2. The fraction of sp³-hybridized carbons (Fsp3) is 0.500. The lowest BCUT2D eigenvalue weighted by molar-refractivity contribution is 0.122. The predicted octanol–water partition coefficient (Wildman–Crippen LogP) is 3.04. The molecule has 2 saturated heterocycles. The van der Waals surface area contributed by atoms with Gasteiger partial charge in [-0.1, -0.05) is 37.3 Å². The number of rotatable bonds is 5. The molecule has 7 nitrogen and oxygen atoms in total. The van der Waals surface area contributed by atoms with E-state index in [9.17, 15) is 0 Å². The van der Waals surface area contributed by atoms with Crippen LogP contribution in [0.5, 0.6) is 0 Å². The molecule has 0 bridgehead atoms. The van der Waals surface area contributed by atoms with Gasteiger partial charge in [0.25, 0.3) is 0 Å². The normalized spacial score (nSPS) is 19.4. The van der Waals surface area contributed by atoms with Crippen LogP contribution in [0.4, 0.5) is 17.6 Å². The molecule has 1 aromatic carbocycles. The molecule has 1 unspecified atom stereocenters. The monoisotopic (exact) mass is 426 g/mol. The Morgan fingerprint density at radius 3 is 2.57 bits per heavy atom. The minimum Gasteiger partial charge on any atom is -0.378 e. The van der Waals surface area contributed by atoms with E-state index in [1.807, 2.05) is 18.2 Å². The van der Waals surface area contributed by atoms with E-state index in [1.54, 1.807) is 0 Å². The van der Waals surface area contributed by atoms with E-state index in [0.717, 1.165) is 51.0 Å². The molecule has 160 valence electrons. The van der Waals surface area contributed by atoms with Gasteiger partial charge in [0.05, 0.1) is 13.2 Å². The molecule has 0 saturated carbocycles. The molecular formula is C22H30N6OS. The van der Waals surface area contributed by atoms with E-state index in [-0.39, 0.29) is 0 Å². The number of benzene rings is 1. The van der Waals surface area contributed by atoms with Crippen molar-refractivity contribution in [3.8, 4) is 0 Å². The van der Waals surface area contributed by atoms with Crippen molar-refractivity contribution in [1.82, 2.24) is 15.3 Å². The van der Waals surface area contributed by atoms with Gasteiger partial charge in [-0.3, -0.25) is 0 Å². The number of thiocarbonyl (C=S) groups is 1. The smallest absolute Gasteiger partial charge is 0.232 e. The molecule has 2 aliphatic rings. The van der Waals surface area contributed by atoms with Crippen LogP contribution >= 0.6 is 12.2 Å². The summed E-state index contributed by atoms with van der Waals surface area (Å²) in [5.74, 6) is 3.10. The summed E-state index contributed by atoms with van der Waals surface area (Å²) < 4.78 is 5.51. The Balaban J connectivity index is 1.50. The summed E-state index contributed by atoms with van der Waals surface area (Å²) >= 11 is 5.50. The SMILES string of the molecule is CC1CCCN(c2cc(N3CCOCC3)nc(NC(=S)NCc3ccccc3)n2)C1. The molecule has 1 aromatic heterocycles. The third-order valence-corrected chi connectivity index (χ3v) is 5.78. The van der Waals surface area contributed by atoms with E-state index >= 15 is 0 Å². The van der Waals surface area contributed by atoms with Gasteiger partial charge >= 0.3 is 0 Å². The zero-order valence-corrected chi connectivity index (χ0v) is 18.3. The number of ether oxygens (including phenoxy) is 1. The summed E-state index contributed by atoms with van der Waals surface area (Å²) in [5.41, 5.74) is 1.17. The van der Waals surface area contributed by atoms with Crippen LogP contribution in [0, 0.1) is 5.92 Å². The van der Waals surface area contributed by atoms with Gasteiger partial charge in [0.2, 0.25) is 5.95 Å². The number of aromatic nitrogens is 2. The van der Waals surface area contributed by atoms with Gasteiger partial charge in [0.1, 0.15) is 11.6 Å². The van der Waals surface area contributed by atoms with Crippen LogP contribution in [0.1, 0.15) is 25.3 Å². The maximum absolute atomic E-state index is 5.51. The van der Waals surface area contributed by atoms with Crippen molar-refractivity contribution >= 4 is 34.9 Å². The number of anilines is 3. The van der Waals surface area contributed by atoms with Crippen LogP contribution in [0.2, 0.25) is 0 Å². The number of morpholine rings is 1. The fourth-order valence-electron chi connectivity index (χ4n) is 3.92. The molecule has 0 amide bonds. The van der Waals surface area contributed by atoms with Gasteiger partial charge in [-0.05, 0) is 36.5 Å². The Morgan fingerprint density at radius 1 is 1.10 bits per heavy atom. The van der Waals surface area contributed by atoms with Crippen molar-refractivity contribution in [2.24, 2.45) is 5.92 Å². The van der Waals surface area contributed by atoms with Gasteiger partial charge in [0, 0.05) is 38.8 Å². The van der Waals surface area contributed by atoms with Crippen LogP contribution < -0.4 is 20.4 Å². The summed E-state index contributed by atoms with van der Waals surface area (Å²) in [6, 6.07) is 12.3. The Labute approximate surface area is 183 Å². The molecule has 2 aliphatic heterocycles.